The summed E-state index contributed by atoms with van der Waals surface area (Å²) >= 11 is 1.51. The molecule has 1 aromatic heterocycles. The maximum atomic E-state index is 11.5. The summed E-state index contributed by atoms with van der Waals surface area (Å²) in [5.74, 6) is -0.0999. The molecule has 1 fully saturated rings. The van der Waals surface area contributed by atoms with Crippen molar-refractivity contribution in [2.45, 2.75) is 25.4 Å². The first kappa shape index (κ1) is 15.2. The summed E-state index contributed by atoms with van der Waals surface area (Å²) in [5.41, 5.74) is 2.55. The second-order valence-corrected chi connectivity index (χ2v) is 5.32. The number of amides is 1. The highest BCUT2D eigenvalue weighted by molar-refractivity contribution is 7.07. The van der Waals surface area contributed by atoms with Crippen molar-refractivity contribution < 1.29 is 14.3 Å². The van der Waals surface area contributed by atoms with Crippen LogP contribution in [0.5, 0.6) is 0 Å². The summed E-state index contributed by atoms with van der Waals surface area (Å²) in [4.78, 5) is 15.6. The number of thiazole rings is 1. The van der Waals surface area contributed by atoms with E-state index in [-0.39, 0.29) is 12.0 Å². The Labute approximate surface area is 123 Å². The fourth-order valence-electron chi connectivity index (χ4n) is 1.90. The van der Waals surface area contributed by atoms with E-state index in [4.69, 9.17) is 9.47 Å². The maximum Gasteiger partial charge on any atom is 0.244 e. The zero-order valence-corrected chi connectivity index (χ0v) is 12.2. The van der Waals surface area contributed by atoms with Gasteiger partial charge >= 0.3 is 0 Å². The molecule has 2 rings (SSSR count). The summed E-state index contributed by atoms with van der Waals surface area (Å²) in [6.07, 6.45) is 6.52. The zero-order valence-electron chi connectivity index (χ0n) is 11.4. The lowest BCUT2D eigenvalue weighted by Crippen LogP contribution is -2.23. The average Bonchev–Trinajstić information content (AvgIpc) is 3.13. The number of rotatable bonds is 8. The van der Waals surface area contributed by atoms with E-state index in [0.717, 1.165) is 31.6 Å². The lowest BCUT2D eigenvalue weighted by Gasteiger charge is -2.09. The standard InChI is InChI=1S/C14H20N2O3S/c17-14(5-4-12-10-20-11-16-12)15-6-2-7-18-9-13-3-1-8-19-13/h4-5,10-11,13H,1-3,6-9H2,(H,15,17). The van der Waals surface area contributed by atoms with Crippen LogP contribution in [-0.4, -0.2) is 43.4 Å². The van der Waals surface area contributed by atoms with E-state index in [9.17, 15) is 4.79 Å². The van der Waals surface area contributed by atoms with E-state index in [1.807, 2.05) is 5.38 Å². The monoisotopic (exact) mass is 296 g/mol. The van der Waals surface area contributed by atoms with Gasteiger partial charge in [-0.25, -0.2) is 4.98 Å². The van der Waals surface area contributed by atoms with Gasteiger partial charge < -0.3 is 14.8 Å². The van der Waals surface area contributed by atoms with Crippen LogP contribution in [-0.2, 0) is 14.3 Å². The Morgan fingerprint density at radius 2 is 2.60 bits per heavy atom. The van der Waals surface area contributed by atoms with Gasteiger partial charge in [-0.15, -0.1) is 11.3 Å². The van der Waals surface area contributed by atoms with Crippen LogP contribution in [0.2, 0.25) is 0 Å². The molecule has 20 heavy (non-hydrogen) atoms. The number of aromatic nitrogens is 1. The lowest BCUT2D eigenvalue weighted by atomic mass is 10.2. The van der Waals surface area contributed by atoms with Gasteiger partial charge in [-0.3, -0.25) is 4.79 Å². The third-order valence-electron chi connectivity index (χ3n) is 2.95. The molecular weight excluding hydrogens is 276 g/mol. The van der Waals surface area contributed by atoms with Crippen LogP contribution in [0.1, 0.15) is 25.0 Å². The van der Waals surface area contributed by atoms with Gasteiger partial charge in [-0.05, 0) is 25.3 Å². The van der Waals surface area contributed by atoms with E-state index < -0.39 is 0 Å². The molecule has 0 aromatic carbocycles. The number of nitrogens with one attached hydrogen (secondary N) is 1. The third kappa shape index (κ3) is 5.81. The number of ether oxygens (including phenoxy) is 2. The van der Waals surface area contributed by atoms with E-state index in [1.54, 1.807) is 11.6 Å². The van der Waals surface area contributed by atoms with Crippen molar-refractivity contribution in [3.8, 4) is 0 Å². The quantitative estimate of drug-likeness (QED) is 0.587. The molecule has 1 amide bonds. The molecule has 1 aromatic rings. The molecular formula is C14H20N2O3S. The van der Waals surface area contributed by atoms with Crippen molar-refractivity contribution in [1.29, 1.82) is 0 Å². The lowest BCUT2D eigenvalue weighted by molar-refractivity contribution is -0.116. The van der Waals surface area contributed by atoms with Crippen LogP contribution in [0.15, 0.2) is 17.0 Å². The maximum absolute atomic E-state index is 11.5. The molecule has 1 aliphatic rings. The average molecular weight is 296 g/mol. The van der Waals surface area contributed by atoms with Crippen molar-refractivity contribution >= 4 is 23.3 Å². The Kier molecular flexibility index (Phi) is 6.70. The van der Waals surface area contributed by atoms with Crippen LogP contribution >= 0.6 is 11.3 Å². The molecule has 0 spiro atoms. The van der Waals surface area contributed by atoms with Gasteiger partial charge in [-0.2, -0.15) is 0 Å². The van der Waals surface area contributed by atoms with Gasteiger partial charge in [0.05, 0.1) is 23.9 Å². The largest absolute Gasteiger partial charge is 0.379 e. The van der Waals surface area contributed by atoms with Crippen LogP contribution in [0, 0.1) is 0 Å². The smallest absolute Gasteiger partial charge is 0.244 e. The van der Waals surface area contributed by atoms with Crippen molar-refractivity contribution in [3.05, 3.63) is 22.7 Å². The van der Waals surface area contributed by atoms with Gasteiger partial charge in [0.2, 0.25) is 5.91 Å². The highest BCUT2D eigenvalue weighted by atomic mass is 32.1. The Morgan fingerprint density at radius 3 is 3.35 bits per heavy atom. The first-order chi connectivity index (χ1) is 9.84. The summed E-state index contributed by atoms with van der Waals surface area (Å²) in [5, 5.41) is 4.70. The minimum Gasteiger partial charge on any atom is -0.379 e. The highest BCUT2D eigenvalue weighted by Gasteiger charge is 2.14. The molecule has 0 radical (unpaired) electrons. The van der Waals surface area contributed by atoms with Crippen LogP contribution in [0.4, 0.5) is 0 Å². The zero-order chi connectivity index (χ0) is 14.0. The van der Waals surface area contributed by atoms with Crippen LogP contribution in [0.3, 0.4) is 0 Å². The Balaban J connectivity index is 1.47. The van der Waals surface area contributed by atoms with Crippen molar-refractivity contribution in [3.63, 3.8) is 0 Å². The predicted octanol–water partition coefficient (Wildman–Crippen LogP) is 1.86. The van der Waals surface area contributed by atoms with Crippen molar-refractivity contribution in [2.24, 2.45) is 0 Å². The van der Waals surface area contributed by atoms with Gasteiger partial charge in [0, 0.05) is 31.2 Å². The fraction of sp³-hybridized carbons (Fsp3) is 0.571. The van der Waals surface area contributed by atoms with Gasteiger partial charge in [0.15, 0.2) is 0 Å². The molecule has 1 unspecified atom stereocenters. The molecule has 110 valence electrons. The van der Waals surface area contributed by atoms with Gasteiger partial charge in [0.25, 0.3) is 0 Å². The molecule has 2 heterocycles. The summed E-state index contributed by atoms with van der Waals surface area (Å²) < 4.78 is 11.0. The van der Waals surface area contributed by atoms with E-state index in [2.05, 4.69) is 10.3 Å². The van der Waals surface area contributed by atoms with Crippen LogP contribution < -0.4 is 5.32 Å². The summed E-state index contributed by atoms with van der Waals surface area (Å²) in [6.45, 7) is 2.79. The topological polar surface area (TPSA) is 60.5 Å². The van der Waals surface area contributed by atoms with E-state index in [0.29, 0.717) is 19.8 Å². The first-order valence-corrected chi connectivity index (χ1v) is 7.82. The Hall–Kier alpha value is -1.24. The molecule has 1 saturated heterocycles. The van der Waals surface area contributed by atoms with Crippen molar-refractivity contribution in [2.75, 3.05) is 26.4 Å². The van der Waals surface area contributed by atoms with E-state index >= 15 is 0 Å². The first-order valence-electron chi connectivity index (χ1n) is 6.88. The summed E-state index contributed by atoms with van der Waals surface area (Å²) in [6, 6.07) is 0. The second-order valence-electron chi connectivity index (χ2n) is 4.60. The molecule has 0 bridgehead atoms. The molecule has 0 aliphatic carbocycles. The Bertz CT molecular complexity index is 414. The van der Waals surface area contributed by atoms with Crippen molar-refractivity contribution in [1.82, 2.24) is 10.3 Å². The minimum atomic E-state index is -0.0999. The third-order valence-corrected chi connectivity index (χ3v) is 3.55. The molecule has 1 N–H and O–H groups in total. The minimum absolute atomic E-state index is 0.0999. The predicted molar refractivity (Wildman–Crippen MR) is 78.6 cm³/mol. The molecule has 0 saturated carbocycles. The normalized spacial score (nSPS) is 18.7. The molecule has 5 nitrogen and oxygen atoms in total. The second kappa shape index (κ2) is 8.84. The van der Waals surface area contributed by atoms with Gasteiger partial charge in [0.1, 0.15) is 0 Å². The fourth-order valence-corrected chi connectivity index (χ4v) is 2.42. The summed E-state index contributed by atoms with van der Waals surface area (Å²) in [7, 11) is 0. The number of hydrogen-bond acceptors (Lipinski definition) is 5. The highest BCUT2D eigenvalue weighted by Crippen LogP contribution is 2.11. The Morgan fingerprint density at radius 1 is 1.65 bits per heavy atom. The van der Waals surface area contributed by atoms with Gasteiger partial charge in [-0.1, -0.05) is 0 Å². The number of carbonyl (C=O) groups is 1. The molecule has 6 heteroatoms. The molecule has 1 atom stereocenters. The van der Waals surface area contributed by atoms with E-state index in [1.165, 1.54) is 17.4 Å². The number of nitrogens with zero attached hydrogens (tertiary/aromatic N) is 1. The number of carbonyl (C=O) groups excluding carboxylic acids is 1. The SMILES string of the molecule is O=C(C=Cc1cscn1)NCCCOCC1CCCO1. The molecule has 1 aliphatic heterocycles. The van der Waals surface area contributed by atoms with Crippen LogP contribution in [0.25, 0.3) is 6.08 Å². The number of hydrogen-bond donors (Lipinski definition) is 1.